The van der Waals surface area contributed by atoms with Crippen molar-refractivity contribution in [3.63, 3.8) is 0 Å². The van der Waals surface area contributed by atoms with Crippen LogP contribution in [0.1, 0.15) is 32.6 Å². The number of carbonyl (C=O) groups excluding carboxylic acids is 6. The van der Waals surface area contributed by atoms with Crippen molar-refractivity contribution >= 4 is 36.4 Å². The van der Waals surface area contributed by atoms with Gasteiger partial charge in [0.15, 0.2) is 0 Å². The summed E-state index contributed by atoms with van der Waals surface area (Å²) < 4.78 is 42.4. The molecule has 212 valence electrons. The second kappa shape index (κ2) is 19.6. The van der Waals surface area contributed by atoms with Crippen molar-refractivity contribution < 1.29 is 71.4 Å². The lowest BCUT2D eigenvalue weighted by Gasteiger charge is -2.19. The van der Waals surface area contributed by atoms with Crippen LogP contribution >= 0.6 is 0 Å². The van der Waals surface area contributed by atoms with Crippen molar-refractivity contribution in [1.29, 1.82) is 0 Å². The summed E-state index contributed by atoms with van der Waals surface area (Å²) in [5.74, 6) is -2.62. The first-order chi connectivity index (χ1) is 18.1. The molecule has 0 aromatic rings. The molecule has 0 saturated heterocycles. The molecule has 3 unspecified atom stereocenters. The Morgan fingerprint density at radius 1 is 0.605 bits per heavy atom. The standard InChI is InChI=1S/C23H30O15/c1-6-15(36-21(27)31-7-2)10-19(25)34-14-17(38-23(29)33-9-4)12-20(26)35-13-16(11-18(24)30-5)37-22(28)32-8-3/h7-9,15-17H,2-4,6,10-14H2,1,5H3. The van der Waals surface area contributed by atoms with Crippen LogP contribution in [0.4, 0.5) is 14.4 Å². The van der Waals surface area contributed by atoms with Crippen molar-refractivity contribution in [2.45, 2.75) is 50.9 Å². The third kappa shape index (κ3) is 16.2. The summed E-state index contributed by atoms with van der Waals surface area (Å²) >= 11 is 0. The Hall–Kier alpha value is -4.56. The molecule has 15 heteroatoms. The first-order valence-corrected chi connectivity index (χ1v) is 10.9. The zero-order chi connectivity index (χ0) is 28.9. The van der Waals surface area contributed by atoms with Gasteiger partial charge >= 0.3 is 36.4 Å². The van der Waals surface area contributed by atoms with Gasteiger partial charge in [0, 0.05) is 0 Å². The van der Waals surface area contributed by atoms with E-state index in [9.17, 15) is 28.8 Å². The molecule has 0 amide bonds. The van der Waals surface area contributed by atoms with Crippen molar-refractivity contribution in [3.05, 3.63) is 38.5 Å². The lowest BCUT2D eigenvalue weighted by Crippen LogP contribution is -2.32. The van der Waals surface area contributed by atoms with Crippen LogP contribution in [0.3, 0.4) is 0 Å². The van der Waals surface area contributed by atoms with Crippen molar-refractivity contribution in [3.8, 4) is 0 Å². The molecule has 0 aliphatic carbocycles. The second-order valence-corrected chi connectivity index (χ2v) is 6.79. The van der Waals surface area contributed by atoms with Crippen LogP contribution in [0.15, 0.2) is 38.5 Å². The van der Waals surface area contributed by atoms with E-state index in [0.29, 0.717) is 0 Å². The minimum absolute atomic E-state index is 0.244. The summed E-state index contributed by atoms with van der Waals surface area (Å²) in [7, 11) is 1.10. The van der Waals surface area contributed by atoms with Crippen LogP contribution in [0, 0.1) is 0 Å². The SMILES string of the molecule is C=COC(=O)OC(COC(=O)CC(COC(=O)CC(CC)OC(=O)OC=C)OC(=O)OC=C)CC(=O)OC. The summed E-state index contributed by atoms with van der Waals surface area (Å²) in [5, 5.41) is 0. The van der Waals surface area contributed by atoms with Crippen LogP contribution in [0.5, 0.6) is 0 Å². The molecule has 0 rings (SSSR count). The fourth-order valence-electron chi connectivity index (χ4n) is 2.36. The normalized spacial score (nSPS) is 12.2. The summed E-state index contributed by atoms with van der Waals surface area (Å²) in [6, 6.07) is 0. The number of hydrogen-bond donors (Lipinski definition) is 0. The molecule has 0 spiro atoms. The topological polar surface area (TPSA) is 185 Å². The van der Waals surface area contributed by atoms with Crippen molar-refractivity contribution in [1.82, 2.24) is 0 Å². The van der Waals surface area contributed by atoms with Gasteiger partial charge in [-0.25, -0.2) is 14.4 Å². The maximum absolute atomic E-state index is 12.3. The monoisotopic (exact) mass is 546 g/mol. The van der Waals surface area contributed by atoms with E-state index < -0.39 is 80.7 Å². The van der Waals surface area contributed by atoms with Gasteiger partial charge in [0.1, 0.15) is 31.5 Å². The van der Waals surface area contributed by atoms with Gasteiger partial charge in [0.05, 0.1) is 45.2 Å². The molecule has 0 heterocycles. The Bertz CT molecular complexity index is 850. The number of ether oxygens (including phenoxy) is 9. The Morgan fingerprint density at radius 2 is 0.947 bits per heavy atom. The molecule has 0 bridgehead atoms. The smallest absolute Gasteiger partial charge is 0.469 e. The summed E-state index contributed by atoms with van der Waals surface area (Å²) in [6.07, 6.45) is -5.90. The Morgan fingerprint density at radius 3 is 1.29 bits per heavy atom. The molecular formula is C23H30O15. The zero-order valence-corrected chi connectivity index (χ0v) is 21.0. The number of methoxy groups -OCH3 is 1. The van der Waals surface area contributed by atoms with Gasteiger partial charge in [0.2, 0.25) is 0 Å². The van der Waals surface area contributed by atoms with Gasteiger partial charge in [-0.2, -0.15) is 0 Å². The second-order valence-electron chi connectivity index (χ2n) is 6.79. The van der Waals surface area contributed by atoms with Crippen LogP contribution in [0.25, 0.3) is 0 Å². The Labute approximate surface area is 218 Å². The highest BCUT2D eigenvalue weighted by Gasteiger charge is 2.26. The van der Waals surface area contributed by atoms with E-state index in [-0.39, 0.29) is 12.8 Å². The van der Waals surface area contributed by atoms with Crippen LogP contribution < -0.4 is 0 Å². The largest absolute Gasteiger partial charge is 0.513 e. The highest BCUT2D eigenvalue weighted by atomic mass is 16.7. The molecular weight excluding hydrogens is 516 g/mol. The lowest BCUT2D eigenvalue weighted by molar-refractivity contribution is -0.157. The molecule has 0 radical (unpaired) electrons. The van der Waals surface area contributed by atoms with Crippen molar-refractivity contribution in [2.75, 3.05) is 20.3 Å². The average Bonchev–Trinajstić information content (AvgIpc) is 2.85. The van der Waals surface area contributed by atoms with E-state index in [1.54, 1.807) is 6.92 Å². The number of hydrogen-bond acceptors (Lipinski definition) is 15. The Balaban J connectivity index is 5.09. The fraction of sp³-hybridized carbons (Fsp3) is 0.478. The van der Waals surface area contributed by atoms with Gasteiger partial charge in [-0.15, -0.1) is 0 Å². The van der Waals surface area contributed by atoms with Crippen LogP contribution in [-0.2, 0) is 57.0 Å². The van der Waals surface area contributed by atoms with Gasteiger partial charge < -0.3 is 42.6 Å². The molecule has 0 aliphatic rings. The van der Waals surface area contributed by atoms with Gasteiger partial charge in [-0.05, 0) is 6.42 Å². The Kier molecular flexibility index (Phi) is 17.3. The van der Waals surface area contributed by atoms with E-state index >= 15 is 0 Å². The third-order valence-corrected chi connectivity index (χ3v) is 4.05. The molecule has 38 heavy (non-hydrogen) atoms. The molecule has 0 fully saturated rings. The minimum atomic E-state index is -1.38. The lowest BCUT2D eigenvalue weighted by atomic mass is 10.2. The quantitative estimate of drug-likeness (QED) is 0.147. The van der Waals surface area contributed by atoms with E-state index in [1.165, 1.54) is 0 Å². The average molecular weight is 546 g/mol. The van der Waals surface area contributed by atoms with Gasteiger partial charge in [-0.1, -0.05) is 26.7 Å². The van der Waals surface area contributed by atoms with E-state index in [2.05, 4.69) is 38.7 Å². The highest BCUT2D eigenvalue weighted by molar-refractivity contribution is 5.73. The number of carbonyl (C=O) groups is 6. The first-order valence-electron chi connectivity index (χ1n) is 10.9. The molecule has 0 aromatic carbocycles. The molecule has 3 atom stereocenters. The zero-order valence-electron chi connectivity index (χ0n) is 21.0. The number of esters is 3. The van der Waals surface area contributed by atoms with Crippen LogP contribution in [-0.4, -0.2) is 75.0 Å². The van der Waals surface area contributed by atoms with Gasteiger partial charge in [0.25, 0.3) is 0 Å². The fourth-order valence-corrected chi connectivity index (χ4v) is 2.36. The first kappa shape index (κ1) is 33.4. The van der Waals surface area contributed by atoms with E-state index in [0.717, 1.165) is 25.9 Å². The number of rotatable bonds is 17. The highest BCUT2D eigenvalue weighted by Crippen LogP contribution is 2.11. The minimum Gasteiger partial charge on any atom is -0.469 e. The molecule has 15 nitrogen and oxygen atoms in total. The maximum Gasteiger partial charge on any atom is 0.513 e. The third-order valence-electron chi connectivity index (χ3n) is 4.05. The van der Waals surface area contributed by atoms with E-state index in [1.807, 2.05) is 0 Å². The van der Waals surface area contributed by atoms with Crippen LogP contribution in [0.2, 0.25) is 0 Å². The summed E-state index contributed by atoms with van der Waals surface area (Å²) in [6.45, 7) is 9.99. The molecule has 0 aromatic heterocycles. The molecule has 0 saturated carbocycles. The predicted octanol–water partition coefficient (Wildman–Crippen LogP) is 2.82. The van der Waals surface area contributed by atoms with E-state index in [4.69, 9.17) is 23.7 Å². The summed E-state index contributed by atoms with van der Waals surface area (Å²) in [4.78, 5) is 70.5. The molecule has 0 N–H and O–H groups in total. The summed E-state index contributed by atoms with van der Waals surface area (Å²) in [5.41, 5.74) is 0. The van der Waals surface area contributed by atoms with Crippen molar-refractivity contribution in [2.24, 2.45) is 0 Å². The predicted molar refractivity (Wildman–Crippen MR) is 123 cm³/mol. The van der Waals surface area contributed by atoms with Gasteiger partial charge in [-0.3, -0.25) is 14.4 Å². The molecule has 0 aliphatic heterocycles. The maximum atomic E-state index is 12.3.